The number of fused-ring (bicyclic) bond motifs is 2. The number of benzene rings is 2. The minimum absolute atomic E-state index is 0.0134. The number of hydrogen-bond acceptors (Lipinski definition) is 7. The third kappa shape index (κ3) is 9.66. The minimum Gasteiger partial charge on any atom is -0.356 e. The van der Waals surface area contributed by atoms with Gasteiger partial charge in [0, 0.05) is 71.9 Å². The Balaban J connectivity index is 1.59. The first-order chi connectivity index (χ1) is 23.9. The van der Waals surface area contributed by atoms with E-state index in [1.165, 1.54) is 17.7 Å². The van der Waals surface area contributed by atoms with E-state index in [0.29, 0.717) is 37.2 Å². The molecule has 276 valence electrons. The maximum Gasteiger partial charge on any atom is 0.294 e. The summed E-state index contributed by atoms with van der Waals surface area (Å²) in [6, 6.07) is 10.9. The Hall–Kier alpha value is -4.01. The zero-order valence-electron chi connectivity index (χ0n) is 30.0. The van der Waals surface area contributed by atoms with Crippen molar-refractivity contribution in [2.45, 2.75) is 88.9 Å². The molecule has 0 saturated heterocycles. The monoisotopic (exact) mass is 741 g/mol. The van der Waals surface area contributed by atoms with E-state index in [0.717, 1.165) is 48.5 Å². The normalized spacial score (nSPS) is 17.2. The third-order valence-electron chi connectivity index (χ3n) is 9.61. The Morgan fingerprint density at radius 1 is 0.980 bits per heavy atom. The topological polar surface area (TPSA) is 193 Å². The van der Waals surface area contributed by atoms with E-state index in [9.17, 15) is 30.7 Å². The van der Waals surface area contributed by atoms with Crippen molar-refractivity contribution in [3.05, 3.63) is 87.5 Å². The fourth-order valence-electron chi connectivity index (χ4n) is 6.96. The van der Waals surface area contributed by atoms with E-state index >= 15 is 0 Å². The van der Waals surface area contributed by atoms with E-state index in [-0.39, 0.29) is 29.2 Å². The zero-order chi connectivity index (χ0) is 37.6. The summed E-state index contributed by atoms with van der Waals surface area (Å²) >= 11 is 0. The minimum atomic E-state index is -4.45. The van der Waals surface area contributed by atoms with Gasteiger partial charge in [0.05, 0.1) is 16.1 Å². The lowest BCUT2D eigenvalue weighted by atomic mass is 9.81. The van der Waals surface area contributed by atoms with Gasteiger partial charge in [0.15, 0.2) is 5.71 Å². The van der Waals surface area contributed by atoms with Crippen molar-refractivity contribution < 1.29 is 35.3 Å². The van der Waals surface area contributed by atoms with Crippen molar-refractivity contribution >= 4 is 43.2 Å². The van der Waals surface area contributed by atoms with E-state index < -0.39 is 31.4 Å². The number of nitrogens with one attached hydrogen (secondary N) is 1. The van der Waals surface area contributed by atoms with E-state index in [4.69, 9.17) is 5.53 Å². The molecule has 2 aromatic carbocycles. The molecule has 0 bridgehead atoms. The third-order valence-corrected chi connectivity index (χ3v) is 11.3. The molecule has 4 rings (SSSR count). The molecule has 2 aliphatic rings. The summed E-state index contributed by atoms with van der Waals surface area (Å²) in [5.74, 6) is -0.436. The highest BCUT2D eigenvalue weighted by atomic mass is 32.2. The van der Waals surface area contributed by atoms with Crippen molar-refractivity contribution in [2.24, 2.45) is 5.11 Å². The highest BCUT2D eigenvalue weighted by molar-refractivity contribution is 7.86. The molecule has 0 aromatic heterocycles. The lowest BCUT2D eigenvalue weighted by molar-refractivity contribution is -0.437. The van der Waals surface area contributed by atoms with Crippen LogP contribution in [-0.4, -0.2) is 74.1 Å². The van der Waals surface area contributed by atoms with Gasteiger partial charge in [-0.05, 0) is 75.4 Å². The Morgan fingerprint density at radius 2 is 1.73 bits per heavy atom. The van der Waals surface area contributed by atoms with Gasteiger partial charge in [-0.1, -0.05) is 49.2 Å². The first-order valence-electron chi connectivity index (χ1n) is 17.1. The Labute approximate surface area is 301 Å². The average molecular weight is 742 g/mol. The van der Waals surface area contributed by atoms with Crippen molar-refractivity contribution in [3.63, 3.8) is 0 Å². The van der Waals surface area contributed by atoms with Crippen LogP contribution < -0.4 is 10.2 Å². The van der Waals surface area contributed by atoms with Gasteiger partial charge in [0.25, 0.3) is 20.2 Å². The summed E-state index contributed by atoms with van der Waals surface area (Å²) in [6.07, 6.45) is 9.67. The average Bonchev–Trinajstić information content (AvgIpc) is 3.37. The van der Waals surface area contributed by atoms with Crippen LogP contribution in [0, 0.1) is 6.92 Å². The molecule has 0 unspecified atom stereocenters. The van der Waals surface area contributed by atoms with Crippen LogP contribution >= 0.6 is 0 Å². The maximum atomic E-state index is 12.2. The van der Waals surface area contributed by atoms with Gasteiger partial charge >= 0.3 is 0 Å². The van der Waals surface area contributed by atoms with Crippen molar-refractivity contribution in [1.82, 2.24) is 5.32 Å². The highest BCUT2D eigenvalue weighted by Crippen LogP contribution is 2.48. The SMILES string of the molecule is Cc1ccc2c(c1)C(C)(C)C(=CC=CC1=[N+](CCCS(=O)(=O)O)c3ccc(S(=O)(=O)O)cc3C1(C)C)N2CCCCCC(=O)NCCCN=[N+]=[N-]. The Morgan fingerprint density at radius 3 is 2.41 bits per heavy atom. The maximum absolute atomic E-state index is 12.2. The van der Waals surface area contributed by atoms with Crippen LogP contribution in [0.25, 0.3) is 10.4 Å². The fourth-order valence-corrected chi connectivity index (χ4v) is 7.97. The summed E-state index contributed by atoms with van der Waals surface area (Å²) in [6.45, 7) is 12.2. The molecule has 2 aromatic rings. The number of amides is 1. The molecule has 1 amide bonds. The number of nitrogens with zero attached hydrogens (tertiary/aromatic N) is 5. The summed E-state index contributed by atoms with van der Waals surface area (Å²) < 4.78 is 68.1. The summed E-state index contributed by atoms with van der Waals surface area (Å²) in [5, 5.41) is 6.34. The van der Waals surface area contributed by atoms with Crippen LogP contribution in [0.1, 0.15) is 82.9 Å². The highest BCUT2D eigenvalue weighted by Gasteiger charge is 2.45. The van der Waals surface area contributed by atoms with Crippen LogP contribution in [-0.2, 0) is 35.9 Å². The quantitative estimate of drug-likeness (QED) is 0.0408. The van der Waals surface area contributed by atoms with Crippen LogP contribution in [0.15, 0.2) is 70.3 Å². The zero-order valence-corrected chi connectivity index (χ0v) is 31.6. The molecule has 0 atom stereocenters. The van der Waals surface area contributed by atoms with Gasteiger partial charge in [0.1, 0.15) is 6.54 Å². The molecule has 0 radical (unpaired) electrons. The predicted molar refractivity (Wildman–Crippen MR) is 199 cm³/mol. The predicted octanol–water partition coefficient (Wildman–Crippen LogP) is 6.51. The van der Waals surface area contributed by atoms with Gasteiger partial charge in [-0.2, -0.15) is 21.4 Å². The molecule has 13 nitrogen and oxygen atoms in total. The molecule has 0 aliphatic carbocycles. The number of unbranched alkanes of at least 4 members (excludes halogenated alkanes) is 2. The number of rotatable bonds is 17. The molecular formula is C36H49N6O7S2+. The van der Waals surface area contributed by atoms with Gasteiger partial charge in [-0.25, -0.2) is 0 Å². The van der Waals surface area contributed by atoms with E-state index in [2.05, 4.69) is 65.3 Å². The van der Waals surface area contributed by atoms with Gasteiger partial charge < -0.3 is 10.2 Å². The molecule has 3 N–H and O–H groups in total. The van der Waals surface area contributed by atoms with Crippen LogP contribution in [0.4, 0.5) is 11.4 Å². The summed E-state index contributed by atoms with van der Waals surface area (Å²) in [5.41, 5.74) is 14.1. The summed E-state index contributed by atoms with van der Waals surface area (Å²) in [7, 11) is -8.63. The van der Waals surface area contributed by atoms with Crippen molar-refractivity contribution in [2.75, 3.05) is 36.8 Å². The second-order valence-electron chi connectivity index (χ2n) is 14.1. The Bertz CT molecular complexity index is 2010. The molecule has 0 spiro atoms. The molecular weight excluding hydrogens is 693 g/mol. The van der Waals surface area contributed by atoms with Crippen molar-refractivity contribution in [3.8, 4) is 0 Å². The second kappa shape index (κ2) is 16.1. The standard InChI is InChI=1S/C36H48N6O7S2/c1-26-15-17-30-28(24-26)35(2,3)32(41(30)21-8-6-7-14-34(43)38-19-10-20-39-40-37)12-9-13-33-36(4,5)29-25-27(51(47,48)49)16-18-31(29)42(33)22-11-23-50(44,45)46/h9,12-13,15-18,24-25H,6-8,10-11,14,19-23H2,1-5H3,(H2-,38,43,44,45,46,47,48,49)/p+1. The molecule has 51 heavy (non-hydrogen) atoms. The number of aryl methyl sites for hydroxylation is 1. The van der Waals surface area contributed by atoms with Crippen molar-refractivity contribution in [1.29, 1.82) is 0 Å². The fraction of sp³-hybridized carbons (Fsp3) is 0.500. The smallest absolute Gasteiger partial charge is 0.294 e. The summed E-state index contributed by atoms with van der Waals surface area (Å²) in [4.78, 5) is 17.1. The van der Waals surface area contributed by atoms with Gasteiger partial charge in [-0.15, -0.1) is 0 Å². The lowest BCUT2D eigenvalue weighted by Gasteiger charge is -2.27. The van der Waals surface area contributed by atoms with Gasteiger partial charge in [0.2, 0.25) is 11.6 Å². The second-order valence-corrected chi connectivity index (χ2v) is 17.1. The molecule has 0 saturated carbocycles. The molecule has 2 aliphatic heterocycles. The number of carbonyl (C=O) groups excluding carboxylic acids is 1. The molecule has 15 heteroatoms. The number of azide groups is 1. The molecule has 2 heterocycles. The number of allylic oxidation sites excluding steroid dienone is 4. The van der Waals surface area contributed by atoms with Crippen LogP contribution in [0.3, 0.4) is 0 Å². The lowest BCUT2D eigenvalue weighted by Crippen LogP contribution is -2.29. The van der Waals surface area contributed by atoms with Gasteiger partial charge in [-0.3, -0.25) is 13.9 Å². The Kier molecular flexibility index (Phi) is 12.6. The number of carbonyl (C=O) groups is 1. The molecule has 0 fully saturated rings. The number of anilines is 1. The first kappa shape index (κ1) is 39.8. The first-order valence-corrected chi connectivity index (χ1v) is 20.2. The van der Waals surface area contributed by atoms with E-state index in [1.54, 1.807) is 6.07 Å². The largest absolute Gasteiger partial charge is 0.356 e. The van der Waals surface area contributed by atoms with E-state index in [1.807, 2.05) is 30.6 Å². The number of hydrogen-bond donors (Lipinski definition) is 3. The van der Waals surface area contributed by atoms with Crippen LogP contribution in [0.5, 0.6) is 0 Å². The van der Waals surface area contributed by atoms with Crippen LogP contribution in [0.2, 0.25) is 0 Å².